The highest BCUT2D eigenvalue weighted by atomic mass is 16.5. The van der Waals surface area contributed by atoms with E-state index in [0.29, 0.717) is 0 Å². The summed E-state index contributed by atoms with van der Waals surface area (Å²) < 4.78 is 5.09. The van der Waals surface area contributed by atoms with Crippen LogP contribution in [-0.4, -0.2) is 13.3 Å². The summed E-state index contributed by atoms with van der Waals surface area (Å²) in [5.41, 5.74) is 1.84. The van der Waals surface area contributed by atoms with Crippen LogP contribution >= 0.6 is 0 Å². The summed E-state index contributed by atoms with van der Waals surface area (Å²) in [7, 11) is 1.62. The Kier molecular flexibility index (Phi) is 4.30. The molecule has 3 heteroatoms. The fraction of sp³-hybridized carbons (Fsp3) is 0.125. The molecule has 2 aromatic carbocycles. The number of aliphatic imine (C=N–C) groups is 1. The minimum Gasteiger partial charge on any atom is -0.497 e. The summed E-state index contributed by atoms with van der Waals surface area (Å²) in [4.78, 5) is 4.31. The third-order valence-corrected chi connectivity index (χ3v) is 2.73. The topological polar surface area (TPSA) is 45.4 Å². The summed E-state index contributed by atoms with van der Waals surface area (Å²) in [6.07, 6.45) is 1.72. The zero-order chi connectivity index (χ0) is 13.5. The Bertz CT molecular complexity index is 582. The highest BCUT2D eigenvalue weighted by molar-refractivity contribution is 5.79. The molecule has 1 atom stereocenters. The molecule has 0 bridgehead atoms. The lowest BCUT2D eigenvalue weighted by atomic mass is 10.1. The second-order valence-corrected chi connectivity index (χ2v) is 3.99. The molecule has 19 heavy (non-hydrogen) atoms. The van der Waals surface area contributed by atoms with E-state index in [1.165, 1.54) is 0 Å². The molecule has 0 radical (unpaired) electrons. The zero-order valence-corrected chi connectivity index (χ0v) is 10.7. The first-order valence-corrected chi connectivity index (χ1v) is 5.95. The molecule has 0 heterocycles. The van der Waals surface area contributed by atoms with E-state index >= 15 is 0 Å². The number of nitrogens with zero attached hydrogens (tertiary/aromatic N) is 2. The number of hydrogen-bond donors (Lipinski definition) is 0. The van der Waals surface area contributed by atoms with E-state index in [-0.39, 0.29) is 0 Å². The highest BCUT2D eigenvalue weighted by Gasteiger charge is 2.07. The van der Waals surface area contributed by atoms with E-state index in [1.54, 1.807) is 13.3 Å². The summed E-state index contributed by atoms with van der Waals surface area (Å²) >= 11 is 0. The van der Waals surface area contributed by atoms with Gasteiger partial charge >= 0.3 is 0 Å². The van der Waals surface area contributed by atoms with Crippen LogP contribution in [0.5, 0.6) is 5.75 Å². The van der Waals surface area contributed by atoms with Gasteiger partial charge in [0, 0.05) is 6.21 Å². The molecule has 2 rings (SSSR count). The van der Waals surface area contributed by atoms with Crippen LogP contribution < -0.4 is 4.74 Å². The van der Waals surface area contributed by atoms with E-state index in [1.807, 2.05) is 54.6 Å². The van der Waals surface area contributed by atoms with Gasteiger partial charge in [-0.05, 0) is 23.3 Å². The fourth-order valence-electron chi connectivity index (χ4n) is 1.68. The predicted octanol–water partition coefficient (Wildman–Crippen LogP) is 3.38. The Balaban J connectivity index is 2.16. The van der Waals surface area contributed by atoms with Crippen molar-refractivity contribution < 1.29 is 4.74 Å². The van der Waals surface area contributed by atoms with Crippen LogP contribution in [0.3, 0.4) is 0 Å². The standard InChI is InChI=1S/C16H14N2O/c1-19-15-9-7-14(8-10-15)16(11-17)18-12-13-5-3-2-4-6-13/h2-10,12,16H,1H3/t16-/m1/s1. The van der Waals surface area contributed by atoms with Gasteiger partial charge < -0.3 is 4.74 Å². The van der Waals surface area contributed by atoms with Crippen LogP contribution in [0, 0.1) is 11.3 Å². The Morgan fingerprint density at radius 3 is 2.37 bits per heavy atom. The van der Waals surface area contributed by atoms with Gasteiger partial charge in [0.2, 0.25) is 0 Å². The van der Waals surface area contributed by atoms with Gasteiger partial charge in [0.25, 0.3) is 0 Å². The monoisotopic (exact) mass is 250 g/mol. The fourth-order valence-corrected chi connectivity index (χ4v) is 1.68. The second kappa shape index (κ2) is 6.36. The molecule has 2 aromatic rings. The zero-order valence-electron chi connectivity index (χ0n) is 10.7. The van der Waals surface area contributed by atoms with Crippen LogP contribution in [0.15, 0.2) is 59.6 Å². The van der Waals surface area contributed by atoms with Crippen LogP contribution in [0.1, 0.15) is 17.2 Å². The minimum absolute atomic E-state index is 0.494. The number of benzene rings is 2. The van der Waals surface area contributed by atoms with Crippen molar-refractivity contribution in [3.05, 3.63) is 65.7 Å². The highest BCUT2D eigenvalue weighted by Crippen LogP contribution is 2.20. The van der Waals surface area contributed by atoms with Crippen molar-refractivity contribution in [3.8, 4) is 11.8 Å². The maximum atomic E-state index is 9.19. The normalized spacial score (nSPS) is 12.0. The van der Waals surface area contributed by atoms with Crippen LogP contribution in [0.25, 0.3) is 0 Å². The molecule has 0 aromatic heterocycles. The Hall–Kier alpha value is -2.60. The van der Waals surface area contributed by atoms with Crippen molar-refractivity contribution in [2.45, 2.75) is 6.04 Å². The van der Waals surface area contributed by atoms with E-state index in [4.69, 9.17) is 4.74 Å². The van der Waals surface area contributed by atoms with Crippen molar-refractivity contribution in [1.29, 1.82) is 5.26 Å². The van der Waals surface area contributed by atoms with Crippen LogP contribution in [0.4, 0.5) is 0 Å². The third-order valence-electron chi connectivity index (χ3n) is 2.73. The van der Waals surface area contributed by atoms with Gasteiger partial charge in [-0.1, -0.05) is 42.5 Å². The molecule has 0 fully saturated rings. The Labute approximate surface area is 112 Å². The summed E-state index contributed by atoms with van der Waals surface area (Å²) in [5, 5.41) is 9.19. The predicted molar refractivity (Wildman–Crippen MR) is 75.4 cm³/mol. The van der Waals surface area contributed by atoms with Crippen molar-refractivity contribution in [2.75, 3.05) is 7.11 Å². The minimum atomic E-state index is -0.494. The first-order valence-electron chi connectivity index (χ1n) is 5.95. The summed E-state index contributed by atoms with van der Waals surface area (Å²) in [5.74, 6) is 0.771. The van der Waals surface area contributed by atoms with Gasteiger partial charge in [-0.3, -0.25) is 4.99 Å². The largest absolute Gasteiger partial charge is 0.497 e. The molecule has 0 saturated heterocycles. The number of ether oxygens (including phenoxy) is 1. The SMILES string of the molecule is COc1ccc([C@@H](C#N)N=Cc2ccccc2)cc1. The van der Waals surface area contributed by atoms with E-state index in [9.17, 15) is 5.26 Å². The van der Waals surface area contributed by atoms with Crippen LogP contribution in [-0.2, 0) is 0 Å². The van der Waals surface area contributed by atoms with Gasteiger partial charge in [0.1, 0.15) is 5.75 Å². The average Bonchev–Trinajstić information content (AvgIpc) is 2.49. The number of rotatable bonds is 4. The molecule has 0 spiro atoms. The molecule has 3 nitrogen and oxygen atoms in total. The number of methoxy groups -OCH3 is 1. The third kappa shape index (κ3) is 3.43. The quantitative estimate of drug-likeness (QED) is 0.781. The van der Waals surface area contributed by atoms with Gasteiger partial charge in [0.05, 0.1) is 13.2 Å². The van der Waals surface area contributed by atoms with Crippen molar-refractivity contribution in [1.82, 2.24) is 0 Å². The lowest BCUT2D eigenvalue weighted by molar-refractivity contribution is 0.414. The van der Waals surface area contributed by atoms with Crippen molar-refractivity contribution in [3.63, 3.8) is 0 Å². The molecule has 0 N–H and O–H groups in total. The molecule has 0 aliphatic rings. The number of hydrogen-bond acceptors (Lipinski definition) is 3. The molecule has 0 amide bonds. The van der Waals surface area contributed by atoms with E-state index in [0.717, 1.165) is 16.9 Å². The summed E-state index contributed by atoms with van der Waals surface area (Å²) in [6.45, 7) is 0. The molecular formula is C16H14N2O. The molecular weight excluding hydrogens is 236 g/mol. The first-order chi connectivity index (χ1) is 9.33. The van der Waals surface area contributed by atoms with Gasteiger partial charge in [0.15, 0.2) is 6.04 Å². The van der Waals surface area contributed by atoms with E-state index < -0.39 is 6.04 Å². The van der Waals surface area contributed by atoms with Gasteiger partial charge in [-0.2, -0.15) is 5.26 Å². The average molecular weight is 250 g/mol. The smallest absolute Gasteiger partial charge is 0.161 e. The van der Waals surface area contributed by atoms with Crippen molar-refractivity contribution >= 4 is 6.21 Å². The molecule has 0 unspecified atom stereocenters. The van der Waals surface area contributed by atoms with Crippen molar-refractivity contribution in [2.24, 2.45) is 4.99 Å². The lowest BCUT2D eigenvalue weighted by Crippen LogP contribution is -1.93. The van der Waals surface area contributed by atoms with Gasteiger partial charge in [-0.15, -0.1) is 0 Å². The molecule has 0 aliphatic carbocycles. The number of nitriles is 1. The summed E-state index contributed by atoms with van der Waals surface area (Å²) in [6, 6.07) is 18.8. The van der Waals surface area contributed by atoms with Gasteiger partial charge in [-0.25, -0.2) is 0 Å². The maximum Gasteiger partial charge on any atom is 0.161 e. The first kappa shape index (κ1) is 12.8. The molecule has 94 valence electrons. The van der Waals surface area contributed by atoms with E-state index in [2.05, 4.69) is 11.1 Å². The molecule has 0 saturated carbocycles. The lowest BCUT2D eigenvalue weighted by Gasteiger charge is -2.05. The Morgan fingerprint density at radius 2 is 1.79 bits per heavy atom. The van der Waals surface area contributed by atoms with Crippen LogP contribution in [0.2, 0.25) is 0 Å². The second-order valence-electron chi connectivity index (χ2n) is 3.99. The molecule has 0 aliphatic heterocycles. The maximum absolute atomic E-state index is 9.19. The Morgan fingerprint density at radius 1 is 1.11 bits per heavy atom.